The van der Waals surface area contributed by atoms with Gasteiger partial charge in [0.25, 0.3) is 0 Å². The molecule has 1 aliphatic rings. The number of nitrogens with one attached hydrogen (secondary N) is 1. The number of rotatable bonds is 3. The van der Waals surface area contributed by atoms with Crippen LogP contribution in [-0.4, -0.2) is 36.6 Å². The van der Waals surface area contributed by atoms with Crippen LogP contribution in [0.2, 0.25) is 0 Å². The molecule has 1 rings (SSSR count). The molecule has 1 N–H and O–H groups in total. The fourth-order valence-electron chi connectivity index (χ4n) is 2.10. The van der Waals surface area contributed by atoms with Gasteiger partial charge in [-0.25, -0.2) is 0 Å². The molecular weight excluding hydrogens is 174 g/mol. The lowest BCUT2D eigenvalue weighted by atomic mass is 10.0. The minimum absolute atomic E-state index is 0.408. The molecule has 1 heterocycles. The van der Waals surface area contributed by atoms with Crippen LogP contribution < -0.4 is 5.32 Å². The number of piperazine rings is 1. The van der Waals surface area contributed by atoms with Crippen LogP contribution in [0.4, 0.5) is 0 Å². The van der Waals surface area contributed by atoms with Gasteiger partial charge < -0.3 is 5.32 Å². The van der Waals surface area contributed by atoms with Crippen LogP contribution in [0.1, 0.15) is 27.2 Å². The molecule has 2 atom stereocenters. The topological polar surface area (TPSA) is 39.1 Å². The summed E-state index contributed by atoms with van der Waals surface area (Å²) in [5.41, 5.74) is 0. The minimum Gasteiger partial charge on any atom is -0.314 e. The number of hydrogen-bond acceptors (Lipinski definition) is 3. The van der Waals surface area contributed by atoms with E-state index in [4.69, 9.17) is 5.26 Å². The first-order valence-corrected chi connectivity index (χ1v) is 5.48. The van der Waals surface area contributed by atoms with Crippen LogP contribution in [0.5, 0.6) is 0 Å². The number of nitriles is 1. The van der Waals surface area contributed by atoms with Gasteiger partial charge in [-0.3, -0.25) is 4.90 Å². The van der Waals surface area contributed by atoms with Crippen molar-refractivity contribution in [3.05, 3.63) is 0 Å². The normalized spacial score (nSPS) is 29.1. The molecule has 3 heteroatoms. The highest BCUT2D eigenvalue weighted by molar-refractivity contribution is 4.91. The average molecular weight is 195 g/mol. The van der Waals surface area contributed by atoms with Crippen molar-refractivity contribution < 1.29 is 0 Å². The maximum atomic E-state index is 8.75. The highest BCUT2D eigenvalue weighted by Crippen LogP contribution is 2.14. The van der Waals surface area contributed by atoms with Gasteiger partial charge >= 0.3 is 0 Å². The molecule has 0 aromatic heterocycles. The van der Waals surface area contributed by atoms with Gasteiger partial charge in [0.05, 0.1) is 12.5 Å². The Bertz CT molecular complexity index is 207. The summed E-state index contributed by atoms with van der Waals surface area (Å²) in [4.78, 5) is 2.48. The largest absolute Gasteiger partial charge is 0.314 e. The molecule has 1 aliphatic heterocycles. The van der Waals surface area contributed by atoms with Gasteiger partial charge in [-0.1, -0.05) is 13.8 Å². The van der Waals surface area contributed by atoms with Gasteiger partial charge in [-0.15, -0.1) is 0 Å². The van der Waals surface area contributed by atoms with Crippen LogP contribution in [0, 0.1) is 17.2 Å². The van der Waals surface area contributed by atoms with E-state index in [2.05, 4.69) is 37.1 Å². The Morgan fingerprint density at radius 3 is 2.79 bits per heavy atom. The second-order valence-corrected chi connectivity index (χ2v) is 4.61. The zero-order valence-corrected chi connectivity index (χ0v) is 9.45. The van der Waals surface area contributed by atoms with Crippen LogP contribution in [0.3, 0.4) is 0 Å². The molecule has 0 bridgehead atoms. The van der Waals surface area contributed by atoms with Crippen molar-refractivity contribution in [3.8, 4) is 6.07 Å². The Morgan fingerprint density at radius 2 is 2.21 bits per heavy atom. The second-order valence-electron chi connectivity index (χ2n) is 4.61. The lowest BCUT2D eigenvalue weighted by Gasteiger charge is -2.41. The van der Waals surface area contributed by atoms with Crippen molar-refractivity contribution in [2.24, 2.45) is 5.92 Å². The minimum atomic E-state index is 0.408. The Balaban J connectivity index is 2.57. The monoisotopic (exact) mass is 195 g/mol. The molecule has 0 saturated carbocycles. The van der Waals surface area contributed by atoms with E-state index in [0.29, 0.717) is 24.4 Å². The molecule has 1 fully saturated rings. The van der Waals surface area contributed by atoms with Crippen molar-refractivity contribution in [1.82, 2.24) is 10.2 Å². The summed E-state index contributed by atoms with van der Waals surface area (Å²) in [6, 6.07) is 3.25. The predicted octanol–water partition coefficient (Wildman–Crippen LogP) is 1.22. The van der Waals surface area contributed by atoms with Gasteiger partial charge in [-0.05, 0) is 12.8 Å². The summed E-state index contributed by atoms with van der Waals surface area (Å²) in [6.07, 6.45) is 0.643. The SMILES string of the molecule is CC(C)CN1C(C)CNCC1CC#N. The molecule has 0 aromatic rings. The molecule has 0 aromatic carbocycles. The molecule has 2 unspecified atom stereocenters. The van der Waals surface area contributed by atoms with Crippen LogP contribution in [-0.2, 0) is 0 Å². The molecule has 0 amide bonds. The average Bonchev–Trinajstić information content (AvgIpc) is 2.11. The summed E-state index contributed by atoms with van der Waals surface area (Å²) < 4.78 is 0. The Kier molecular flexibility index (Phi) is 4.37. The maximum absolute atomic E-state index is 8.75. The van der Waals surface area contributed by atoms with Crippen LogP contribution in [0.15, 0.2) is 0 Å². The van der Waals surface area contributed by atoms with Gasteiger partial charge in [0.15, 0.2) is 0 Å². The fraction of sp³-hybridized carbons (Fsp3) is 0.909. The Labute approximate surface area is 87.1 Å². The van der Waals surface area contributed by atoms with E-state index in [-0.39, 0.29) is 0 Å². The molecule has 0 aliphatic carbocycles. The van der Waals surface area contributed by atoms with Gasteiger partial charge in [0.2, 0.25) is 0 Å². The van der Waals surface area contributed by atoms with Gasteiger partial charge in [0.1, 0.15) is 0 Å². The summed E-state index contributed by atoms with van der Waals surface area (Å²) in [7, 11) is 0. The van der Waals surface area contributed by atoms with Crippen molar-refractivity contribution in [3.63, 3.8) is 0 Å². The van der Waals surface area contributed by atoms with E-state index in [1.54, 1.807) is 0 Å². The smallest absolute Gasteiger partial charge is 0.0638 e. The molecule has 0 radical (unpaired) electrons. The zero-order valence-electron chi connectivity index (χ0n) is 9.45. The van der Waals surface area contributed by atoms with E-state index >= 15 is 0 Å². The molecule has 1 saturated heterocycles. The molecule has 0 spiro atoms. The van der Waals surface area contributed by atoms with E-state index < -0.39 is 0 Å². The summed E-state index contributed by atoms with van der Waals surface area (Å²) in [5, 5.41) is 12.1. The van der Waals surface area contributed by atoms with Crippen molar-refractivity contribution in [1.29, 1.82) is 5.26 Å². The lowest BCUT2D eigenvalue weighted by Crippen LogP contribution is -2.56. The van der Waals surface area contributed by atoms with Crippen molar-refractivity contribution in [2.45, 2.75) is 39.3 Å². The molecular formula is C11H21N3. The fourth-order valence-corrected chi connectivity index (χ4v) is 2.10. The highest BCUT2D eigenvalue weighted by atomic mass is 15.2. The van der Waals surface area contributed by atoms with Crippen molar-refractivity contribution >= 4 is 0 Å². The Morgan fingerprint density at radius 1 is 1.50 bits per heavy atom. The van der Waals surface area contributed by atoms with Gasteiger partial charge in [0, 0.05) is 31.7 Å². The van der Waals surface area contributed by atoms with E-state index in [0.717, 1.165) is 19.6 Å². The third-order valence-electron chi connectivity index (χ3n) is 2.76. The second kappa shape index (κ2) is 5.33. The first kappa shape index (κ1) is 11.5. The summed E-state index contributed by atoms with van der Waals surface area (Å²) in [6.45, 7) is 9.82. The number of nitrogens with zero attached hydrogens (tertiary/aromatic N) is 2. The Hall–Kier alpha value is -0.590. The first-order valence-electron chi connectivity index (χ1n) is 5.48. The highest BCUT2D eigenvalue weighted by Gasteiger charge is 2.27. The van der Waals surface area contributed by atoms with E-state index in [9.17, 15) is 0 Å². The standard InChI is InChI=1S/C11H21N3/c1-9(2)8-14-10(3)6-13-7-11(14)4-5-12/h9-11,13H,4,6-8H2,1-3H3. The summed E-state index contributed by atoms with van der Waals surface area (Å²) >= 11 is 0. The van der Waals surface area contributed by atoms with Crippen molar-refractivity contribution in [2.75, 3.05) is 19.6 Å². The molecule has 80 valence electrons. The third kappa shape index (κ3) is 2.97. The number of hydrogen-bond donors (Lipinski definition) is 1. The zero-order chi connectivity index (χ0) is 10.6. The maximum Gasteiger partial charge on any atom is 0.0638 e. The van der Waals surface area contributed by atoms with E-state index in [1.807, 2.05) is 0 Å². The quantitative estimate of drug-likeness (QED) is 0.736. The molecule has 3 nitrogen and oxygen atoms in total. The molecule has 14 heavy (non-hydrogen) atoms. The van der Waals surface area contributed by atoms with Gasteiger partial charge in [-0.2, -0.15) is 5.26 Å². The lowest BCUT2D eigenvalue weighted by molar-refractivity contribution is 0.0945. The van der Waals surface area contributed by atoms with Crippen LogP contribution in [0.25, 0.3) is 0 Å². The van der Waals surface area contributed by atoms with Crippen LogP contribution >= 0.6 is 0 Å². The predicted molar refractivity (Wildman–Crippen MR) is 57.9 cm³/mol. The summed E-state index contributed by atoms with van der Waals surface area (Å²) in [5.74, 6) is 0.678. The van der Waals surface area contributed by atoms with E-state index in [1.165, 1.54) is 0 Å². The first-order chi connectivity index (χ1) is 6.65. The third-order valence-corrected chi connectivity index (χ3v) is 2.76.